The Hall–Kier alpha value is -3.38. The maximum atomic E-state index is 11.8. The molecule has 0 aliphatic carbocycles. The molecule has 8 N–H and O–H groups in total. The summed E-state index contributed by atoms with van der Waals surface area (Å²) in [5.41, 5.74) is 4.87. The van der Waals surface area contributed by atoms with Crippen molar-refractivity contribution in [2.24, 2.45) is 5.73 Å². The number of amides is 6. The average Bonchev–Trinajstić information content (AvgIpc) is 2.91. The Bertz CT molecular complexity index is 755. The first-order chi connectivity index (χ1) is 18.7. The van der Waals surface area contributed by atoms with Gasteiger partial charge in [0, 0.05) is 13.0 Å². The van der Waals surface area contributed by atoms with Crippen LogP contribution < -0.4 is 37.6 Å². The Morgan fingerprint density at radius 2 is 0.821 bits per heavy atom. The molecule has 0 bridgehead atoms. The zero-order chi connectivity index (χ0) is 29.1. The van der Waals surface area contributed by atoms with Gasteiger partial charge in [-0.15, -0.1) is 0 Å². The summed E-state index contributed by atoms with van der Waals surface area (Å²) in [6.45, 7) is 2.16. The second-order valence-electron chi connectivity index (χ2n) is 7.65. The number of hydrogen-bond acceptors (Lipinski definition) is 11. The second kappa shape index (κ2) is 24.9. The predicted molar refractivity (Wildman–Crippen MR) is 136 cm³/mol. The highest BCUT2D eigenvalue weighted by atomic mass is 16.6. The first-order valence-electron chi connectivity index (χ1n) is 12.3. The van der Waals surface area contributed by atoms with Gasteiger partial charge in [0.15, 0.2) is 0 Å². The van der Waals surface area contributed by atoms with Gasteiger partial charge in [0.05, 0.1) is 85.6 Å². The minimum Gasteiger partial charge on any atom is -0.379 e. The lowest BCUT2D eigenvalue weighted by Crippen LogP contribution is -2.46. The number of rotatable bonds is 25. The van der Waals surface area contributed by atoms with Gasteiger partial charge in [-0.25, -0.2) is 0 Å². The Morgan fingerprint density at radius 1 is 0.487 bits per heavy atom. The summed E-state index contributed by atoms with van der Waals surface area (Å²) >= 11 is 0. The molecule has 0 rings (SSSR count). The topological polar surface area (TPSA) is 238 Å². The highest BCUT2D eigenvalue weighted by Crippen LogP contribution is 1.86. The molecule has 0 radical (unpaired) electrons. The lowest BCUT2D eigenvalue weighted by Gasteiger charge is -2.09. The van der Waals surface area contributed by atoms with Gasteiger partial charge in [-0.3, -0.25) is 28.8 Å². The fourth-order valence-corrected chi connectivity index (χ4v) is 2.34. The van der Waals surface area contributed by atoms with Crippen molar-refractivity contribution in [3.8, 4) is 0 Å². The normalized spacial score (nSPS) is 10.4. The number of likely N-dealkylation sites (N-methyl/N-ethyl adjacent to an activating group) is 1. The molecule has 0 spiro atoms. The van der Waals surface area contributed by atoms with Gasteiger partial charge < -0.3 is 56.6 Å². The second-order valence-corrected chi connectivity index (χ2v) is 7.65. The molecule has 224 valence electrons. The van der Waals surface area contributed by atoms with E-state index in [9.17, 15) is 28.8 Å². The molecule has 0 saturated heterocycles. The van der Waals surface area contributed by atoms with Crippen molar-refractivity contribution in [1.82, 2.24) is 31.9 Å². The molecule has 17 heteroatoms. The van der Waals surface area contributed by atoms with Crippen LogP contribution in [-0.2, 0) is 47.7 Å². The number of hydrogen-bond donors (Lipinski definition) is 7. The van der Waals surface area contributed by atoms with Crippen molar-refractivity contribution in [2.75, 3.05) is 99.2 Å². The zero-order valence-corrected chi connectivity index (χ0v) is 22.3. The molecular weight excluding hydrogens is 522 g/mol. The van der Waals surface area contributed by atoms with Crippen molar-refractivity contribution in [3.63, 3.8) is 0 Å². The van der Waals surface area contributed by atoms with Crippen LogP contribution in [0.5, 0.6) is 0 Å². The van der Waals surface area contributed by atoms with Crippen molar-refractivity contribution < 1.29 is 47.7 Å². The fourth-order valence-electron chi connectivity index (χ4n) is 2.34. The van der Waals surface area contributed by atoms with E-state index < -0.39 is 55.1 Å². The van der Waals surface area contributed by atoms with Crippen LogP contribution in [0.4, 0.5) is 0 Å². The largest absolute Gasteiger partial charge is 0.379 e. The molecule has 0 heterocycles. The van der Waals surface area contributed by atoms with Gasteiger partial charge in [-0.1, -0.05) is 0 Å². The third kappa shape index (κ3) is 26.0. The Balaban J connectivity index is 3.60. The van der Waals surface area contributed by atoms with Crippen LogP contribution in [0.1, 0.15) is 6.42 Å². The Labute approximate surface area is 226 Å². The lowest BCUT2D eigenvalue weighted by atomic mass is 10.4. The molecule has 0 unspecified atom stereocenters. The highest BCUT2D eigenvalue weighted by Gasteiger charge is 2.10. The van der Waals surface area contributed by atoms with E-state index >= 15 is 0 Å². The summed E-state index contributed by atoms with van der Waals surface area (Å²) in [5, 5.41) is 14.3. The van der Waals surface area contributed by atoms with E-state index in [1.807, 2.05) is 7.05 Å². The molecule has 0 fully saturated rings. The molecular formula is C22H41N7O10. The maximum Gasteiger partial charge on any atom is 0.239 e. The standard InChI is InChI=1S/C22H41N7O10/c1-24-3-5-37-7-9-39-11-10-38-8-6-36-4-2-18(31)26-13-20(33)28-15-22(35)29-16-21(34)27-14-19(32)25-12-17(23)30/h24H,2-16H2,1H3,(H2,23,30)(H,25,32)(H,26,31)(H,27,34)(H,28,33)(H,29,35). The lowest BCUT2D eigenvalue weighted by molar-refractivity contribution is -0.129. The van der Waals surface area contributed by atoms with Gasteiger partial charge in [-0.05, 0) is 7.05 Å². The summed E-state index contributed by atoms with van der Waals surface area (Å²) in [5.74, 6) is -3.67. The number of nitrogens with one attached hydrogen (secondary N) is 6. The Kier molecular flexibility index (Phi) is 22.8. The Morgan fingerprint density at radius 3 is 1.21 bits per heavy atom. The third-order valence-corrected chi connectivity index (χ3v) is 4.33. The summed E-state index contributed by atoms with van der Waals surface area (Å²) in [6, 6.07) is 0. The highest BCUT2D eigenvalue weighted by molar-refractivity contribution is 5.91. The van der Waals surface area contributed by atoms with Crippen LogP contribution >= 0.6 is 0 Å². The number of nitrogens with two attached hydrogens (primary N) is 1. The van der Waals surface area contributed by atoms with E-state index in [0.29, 0.717) is 46.2 Å². The van der Waals surface area contributed by atoms with Crippen LogP contribution in [0.3, 0.4) is 0 Å². The van der Waals surface area contributed by atoms with Crippen LogP contribution in [0, 0.1) is 0 Å². The van der Waals surface area contributed by atoms with Gasteiger partial charge in [-0.2, -0.15) is 0 Å². The summed E-state index contributed by atoms with van der Waals surface area (Å²) in [4.78, 5) is 68.7. The first kappa shape index (κ1) is 35.6. The van der Waals surface area contributed by atoms with E-state index in [1.54, 1.807) is 0 Å². The molecule has 0 aliphatic rings. The molecule has 0 saturated carbocycles. The fraction of sp³-hybridized carbons (Fsp3) is 0.727. The summed E-state index contributed by atoms with van der Waals surface area (Å²) in [6.07, 6.45) is 0.0418. The van der Waals surface area contributed by atoms with Crippen molar-refractivity contribution in [1.29, 1.82) is 0 Å². The van der Waals surface area contributed by atoms with E-state index in [1.165, 1.54) is 0 Å². The molecule has 0 aromatic carbocycles. The molecule has 17 nitrogen and oxygen atoms in total. The first-order valence-corrected chi connectivity index (χ1v) is 12.3. The molecule has 0 aromatic heterocycles. The van der Waals surface area contributed by atoms with Gasteiger partial charge in [0.2, 0.25) is 35.4 Å². The van der Waals surface area contributed by atoms with E-state index in [-0.39, 0.29) is 26.1 Å². The van der Waals surface area contributed by atoms with E-state index in [0.717, 1.165) is 6.54 Å². The zero-order valence-electron chi connectivity index (χ0n) is 22.3. The minimum atomic E-state index is -0.731. The maximum absolute atomic E-state index is 11.8. The number of carbonyl (C=O) groups excluding carboxylic acids is 6. The minimum absolute atomic E-state index is 0.0418. The number of carbonyl (C=O) groups is 6. The third-order valence-electron chi connectivity index (χ3n) is 4.33. The molecule has 0 atom stereocenters. The van der Waals surface area contributed by atoms with Crippen molar-refractivity contribution in [3.05, 3.63) is 0 Å². The van der Waals surface area contributed by atoms with E-state index in [4.69, 9.17) is 24.7 Å². The van der Waals surface area contributed by atoms with Gasteiger partial charge in [0.1, 0.15) is 0 Å². The van der Waals surface area contributed by atoms with E-state index in [2.05, 4.69) is 31.9 Å². The van der Waals surface area contributed by atoms with Crippen LogP contribution in [0.15, 0.2) is 0 Å². The summed E-state index contributed by atoms with van der Waals surface area (Å²) in [7, 11) is 1.85. The SMILES string of the molecule is CNCCOCCOCCOCCOCCC(=O)NCC(=O)NCC(=O)NCC(=O)NCC(=O)NCC(N)=O. The number of primary amides is 1. The average molecular weight is 564 g/mol. The van der Waals surface area contributed by atoms with Crippen molar-refractivity contribution >= 4 is 35.4 Å². The van der Waals surface area contributed by atoms with Gasteiger partial charge in [0.25, 0.3) is 0 Å². The predicted octanol–water partition coefficient (Wildman–Crippen LogP) is -5.27. The monoisotopic (exact) mass is 563 g/mol. The van der Waals surface area contributed by atoms with Crippen LogP contribution in [0.2, 0.25) is 0 Å². The quantitative estimate of drug-likeness (QED) is 0.0518. The van der Waals surface area contributed by atoms with Crippen molar-refractivity contribution in [2.45, 2.75) is 6.42 Å². The summed E-state index contributed by atoms with van der Waals surface area (Å²) < 4.78 is 21.3. The molecule has 0 aliphatic heterocycles. The molecule has 0 aromatic rings. The van der Waals surface area contributed by atoms with Gasteiger partial charge >= 0.3 is 0 Å². The smallest absolute Gasteiger partial charge is 0.239 e. The van der Waals surface area contributed by atoms with Crippen LogP contribution in [0.25, 0.3) is 0 Å². The molecule has 6 amide bonds. The number of ether oxygens (including phenoxy) is 4. The van der Waals surface area contributed by atoms with Crippen LogP contribution in [-0.4, -0.2) is 135 Å². The molecule has 39 heavy (non-hydrogen) atoms.